The van der Waals surface area contributed by atoms with Crippen molar-refractivity contribution in [2.45, 2.75) is 25.8 Å². The summed E-state index contributed by atoms with van der Waals surface area (Å²) in [7, 11) is 0. The minimum atomic E-state index is -0.762. The number of carbonyl (C=O) groups excluding carboxylic acids is 1. The van der Waals surface area contributed by atoms with Crippen LogP contribution in [0.4, 0.5) is 14.5 Å². The van der Waals surface area contributed by atoms with Gasteiger partial charge < -0.3 is 11.1 Å². The average molecular weight is 283 g/mol. The van der Waals surface area contributed by atoms with E-state index < -0.39 is 17.5 Å². The summed E-state index contributed by atoms with van der Waals surface area (Å²) in [5.41, 5.74) is 5.71. The van der Waals surface area contributed by atoms with E-state index in [-0.39, 0.29) is 18.3 Å². The van der Waals surface area contributed by atoms with Crippen LogP contribution in [-0.2, 0) is 4.79 Å². The minimum Gasteiger partial charge on any atom is -0.328 e. The monoisotopic (exact) mass is 283 g/mol. The molecule has 1 saturated heterocycles. The number of anilines is 1. The molecule has 1 aliphatic heterocycles. The first-order valence-corrected chi connectivity index (χ1v) is 6.69. The fraction of sp³-hybridized carbons (Fsp3) is 0.500. The van der Waals surface area contributed by atoms with Gasteiger partial charge in [-0.2, -0.15) is 0 Å². The SMILES string of the molecule is Cc1ccc(F)c(NC(=O)CN2CCC(N)CC2)c1F. The lowest BCUT2D eigenvalue weighted by atomic mass is 10.1. The van der Waals surface area contributed by atoms with Crippen LogP contribution in [0.3, 0.4) is 0 Å². The molecule has 3 N–H and O–H groups in total. The Morgan fingerprint density at radius 2 is 2.05 bits per heavy atom. The molecule has 0 spiro atoms. The summed E-state index contributed by atoms with van der Waals surface area (Å²) in [4.78, 5) is 13.8. The highest BCUT2D eigenvalue weighted by molar-refractivity contribution is 5.92. The number of amides is 1. The zero-order valence-corrected chi connectivity index (χ0v) is 11.5. The van der Waals surface area contributed by atoms with Gasteiger partial charge in [-0.25, -0.2) is 8.78 Å². The van der Waals surface area contributed by atoms with Gasteiger partial charge in [0.05, 0.1) is 6.54 Å². The maximum absolute atomic E-state index is 13.8. The van der Waals surface area contributed by atoms with Crippen molar-refractivity contribution >= 4 is 11.6 Å². The molecule has 0 atom stereocenters. The highest BCUT2D eigenvalue weighted by Gasteiger charge is 2.20. The van der Waals surface area contributed by atoms with Gasteiger partial charge in [-0.15, -0.1) is 0 Å². The molecule has 1 aliphatic rings. The van der Waals surface area contributed by atoms with E-state index in [4.69, 9.17) is 5.73 Å². The van der Waals surface area contributed by atoms with Gasteiger partial charge in [-0.1, -0.05) is 6.07 Å². The molecule has 0 unspecified atom stereocenters. The molecule has 2 rings (SSSR count). The molecular formula is C14H19F2N3O. The molecule has 1 heterocycles. The lowest BCUT2D eigenvalue weighted by molar-refractivity contribution is -0.117. The van der Waals surface area contributed by atoms with E-state index in [0.717, 1.165) is 32.0 Å². The standard InChI is InChI=1S/C14H19F2N3O/c1-9-2-3-11(15)14(13(9)16)18-12(20)8-19-6-4-10(17)5-7-19/h2-3,10H,4-8,17H2,1H3,(H,18,20). The van der Waals surface area contributed by atoms with Gasteiger partial charge in [-0.05, 0) is 31.4 Å². The summed E-state index contributed by atoms with van der Waals surface area (Å²) >= 11 is 0. The van der Waals surface area contributed by atoms with Crippen molar-refractivity contribution in [3.8, 4) is 0 Å². The summed E-state index contributed by atoms with van der Waals surface area (Å²) in [5.74, 6) is -1.90. The Morgan fingerprint density at radius 1 is 1.40 bits per heavy atom. The first-order chi connectivity index (χ1) is 9.47. The zero-order chi connectivity index (χ0) is 14.7. The molecule has 1 aromatic carbocycles. The lowest BCUT2D eigenvalue weighted by Crippen LogP contribution is -2.43. The number of carbonyl (C=O) groups is 1. The predicted molar refractivity (Wildman–Crippen MR) is 73.4 cm³/mol. The summed E-state index contributed by atoms with van der Waals surface area (Å²) < 4.78 is 27.3. The molecule has 110 valence electrons. The fourth-order valence-electron chi connectivity index (χ4n) is 2.26. The Kier molecular flexibility index (Phi) is 4.67. The quantitative estimate of drug-likeness (QED) is 0.886. The van der Waals surface area contributed by atoms with Crippen molar-refractivity contribution in [3.63, 3.8) is 0 Å². The summed E-state index contributed by atoms with van der Waals surface area (Å²) in [5, 5.41) is 2.32. The van der Waals surface area contributed by atoms with Crippen LogP contribution in [0.25, 0.3) is 0 Å². The van der Waals surface area contributed by atoms with E-state index in [2.05, 4.69) is 5.32 Å². The largest absolute Gasteiger partial charge is 0.328 e. The van der Waals surface area contributed by atoms with Gasteiger partial charge in [0.1, 0.15) is 11.5 Å². The van der Waals surface area contributed by atoms with Gasteiger partial charge in [-0.3, -0.25) is 9.69 Å². The topological polar surface area (TPSA) is 58.4 Å². The molecule has 20 heavy (non-hydrogen) atoms. The summed E-state index contributed by atoms with van der Waals surface area (Å²) in [6.45, 7) is 3.11. The Labute approximate surface area is 116 Å². The smallest absolute Gasteiger partial charge is 0.238 e. The molecule has 0 bridgehead atoms. The van der Waals surface area contributed by atoms with Crippen molar-refractivity contribution in [1.82, 2.24) is 4.90 Å². The first-order valence-electron chi connectivity index (χ1n) is 6.69. The van der Waals surface area contributed by atoms with Gasteiger partial charge in [0.2, 0.25) is 5.91 Å². The van der Waals surface area contributed by atoms with Crippen LogP contribution < -0.4 is 11.1 Å². The molecule has 6 heteroatoms. The molecule has 0 saturated carbocycles. The van der Waals surface area contributed by atoms with Crippen LogP contribution >= 0.6 is 0 Å². The van der Waals surface area contributed by atoms with Crippen molar-refractivity contribution < 1.29 is 13.6 Å². The number of benzene rings is 1. The van der Waals surface area contributed by atoms with E-state index in [0.29, 0.717) is 5.56 Å². The second-order valence-corrected chi connectivity index (χ2v) is 5.22. The number of nitrogens with two attached hydrogens (primary N) is 1. The Hall–Kier alpha value is -1.53. The van der Waals surface area contributed by atoms with E-state index in [1.165, 1.54) is 13.0 Å². The third kappa shape index (κ3) is 3.52. The number of rotatable bonds is 3. The second-order valence-electron chi connectivity index (χ2n) is 5.22. The minimum absolute atomic E-state index is 0.125. The number of hydrogen-bond donors (Lipinski definition) is 2. The van der Waals surface area contributed by atoms with Crippen molar-refractivity contribution in [2.24, 2.45) is 5.73 Å². The number of nitrogens with zero attached hydrogens (tertiary/aromatic N) is 1. The second kappa shape index (κ2) is 6.28. The highest BCUT2D eigenvalue weighted by Crippen LogP contribution is 2.21. The maximum Gasteiger partial charge on any atom is 0.238 e. The van der Waals surface area contributed by atoms with Crippen LogP contribution in [0.2, 0.25) is 0 Å². The number of aryl methyl sites for hydroxylation is 1. The zero-order valence-electron chi connectivity index (χ0n) is 11.5. The van der Waals surface area contributed by atoms with Gasteiger partial charge in [0, 0.05) is 19.1 Å². The first kappa shape index (κ1) is 14.9. The van der Waals surface area contributed by atoms with E-state index in [9.17, 15) is 13.6 Å². The normalized spacial score (nSPS) is 17.2. The van der Waals surface area contributed by atoms with Crippen molar-refractivity contribution in [2.75, 3.05) is 25.0 Å². The molecule has 1 fully saturated rings. The lowest BCUT2D eigenvalue weighted by Gasteiger charge is -2.29. The van der Waals surface area contributed by atoms with Crippen molar-refractivity contribution in [1.29, 1.82) is 0 Å². The van der Waals surface area contributed by atoms with Gasteiger partial charge in [0.15, 0.2) is 5.82 Å². The third-order valence-corrected chi connectivity index (χ3v) is 3.55. The van der Waals surface area contributed by atoms with Crippen LogP contribution in [-0.4, -0.2) is 36.5 Å². The molecule has 4 nitrogen and oxygen atoms in total. The molecule has 0 aliphatic carbocycles. The highest BCUT2D eigenvalue weighted by atomic mass is 19.1. The van der Waals surface area contributed by atoms with Gasteiger partial charge >= 0.3 is 0 Å². The number of hydrogen-bond acceptors (Lipinski definition) is 3. The molecule has 1 amide bonds. The van der Waals surface area contributed by atoms with Crippen LogP contribution in [0, 0.1) is 18.6 Å². The Bertz CT molecular complexity index is 499. The van der Waals surface area contributed by atoms with E-state index in [1.807, 2.05) is 4.90 Å². The molecule has 0 aromatic heterocycles. The van der Waals surface area contributed by atoms with Crippen molar-refractivity contribution in [3.05, 3.63) is 29.3 Å². The summed E-state index contributed by atoms with van der Waals surface area (Å²) in [6, 6.07) is 2.67. The number of likely N-dealkylation sites (tertiary alicyclic amines) is 1. The Balaban J connectivity index is 1.97. The fourth-order valence-corrected chi connectivity index (χ4v) is 2.26. The molecular weight excluding hydrogens is 264 g/mol. The molecule has 1 aromatic rings. The van der Waals surface area contributed by atoms with Crippen LogP contribution in [0.5, 0.6) is 0 Å². The Morgan fingerprint density at radius 3 is 2.70 bits per heavy atom. The molecule has 0 radical (unpaired) electrons. The third-order valence-electron chi connectivity index (χ3n) is 3.55. The number of nitrogens with one attached hydrogen (secondary N) is 1. The number of piperidine rings is 1. The maximum atomic E-state index is 13.8. The predicted octanol–water partition coefficient (Wildman–Crippen LogP) is 1.63. The van der Waals surface area contributed by atoms with Crippen LogP contribution in [0.1, 0.15) is 18.4 Å². The van der Waals surface area contributed by atoms with Crippen LogP contribution in [0.15, 0.2) is 12.1 Å². The average Bonchev–Trinajstić information content (AvgIpc) is 2.42. The van der Waals surface area contributed by atoms with Gasteiger partial charge in [0.25, 0.3) is 0 Å². The van der Waals surface area contributed by atoms with E-state index >= 15 is 0 Å². The van der Waals surface area contributed by atoms with E-state index in [1.54, 1.807) is 0 Å². The number of halogens is 2. The summed E-state index contributed by atoms with van der Waals surface area (Å²) in [6.07, 6.45) is 1.67.